The van der Waals surface area contributed by atoms with Gasteiger partial charge in [0.05, 0.1) is 4.90 Å². The van der Waals surface area contributed by atoms with Crippen LogP contribution in [-0.4, -0.2) is 14.7 Å². The Kier molecular flexibility index (Phi) is 4.17. The Bertz CT molecular complexity index is 899. The molecule has 4 heteroatoms. The molecule has 0 aliphatic heterocycles. The monoisotopic (exact) mass is 324 g/mol. The summed E-state index contributed by atoms with van der Waals surface area (Å²) in [5.74, 6) is 1.33. The van der Waals surface area contributed by atoms with Crippen LogP contribution in [0.4, 0.5) is 0 Å². The molecule has 0 aromatic heterocycles. The molecule has 0 heterocycles. The van der Waals surface area contributed by atoms with Gasteiger partial charge in [-0.05, 0) is 35.9 Å². The van der Waals surface area contributed by atoms with Crippen molar-refractivity contribution in [3.8, 4) is 22.6 Å². The third kappa shape index (κ3) is 3.60. The Labute approximate surface area is 136 Å². The Balaban J connectivity index is 1.92. The van der Waals surface area contributed by atoms with Crippen molar-refractivity contribution >= 4 is 9.84 Å². The normalized spacial score (nSPS) is 11.2. The van der Waals surface area contributed by atoms with E-state index in [1.54, 1.807) is 24.3 Å². The summed E-state index contributed by atoms with van der Waals surface area (Å²) < 4.78 is 28.9. The van der Waals surface area contributed by atoms with E-state index in [9.17, 15) is 8.42 Å². The van der Waals surface area contributed by atoms with E-state index in [-0.39, 0.29) is 4.90 Å². The van der Waals surface area contributed by atoms with E-state index in [0.717, 1.165) is 16.9 Å². The fraction of sp³-hybridized carbons (Fsp3) is 0.0526. The first-order valence-electron chi connectivity index (χ1n) is 7.16. The summed E-state index contributed by atoms with van der Waals surface area (Å²) in [4.78, 5) is 0.279. The van der Waals surface area contributed by atoms with Crippen LogP contribution in [0.3, 0.4) is 0 Å². The van der Waals surface area contributed by atoms with Crippen LogP contribution in [0.15, 0.2) is 83.8 Å². The molecule has 0 N–H and O–H groups in total. The Hall–Kier alpha value is -2.59. The molecule has 0 saturated carbocycles. The molecule has 3 nitrogen and oxygen atoms in total. The predicted octanol–water partition coefficient (Wildman–Crippen LogP) is 4.55. The highest BCUT2D eigenvalue weighted by atomic mass is 32.2. The summed E-state index contributed by atoms with van der Waals surface area (Å²) in [5.41, 5.74) is 2.05. The fourth-order valence-corrected chi connectivity index (χ4v) is 2.92. The molecule has 0 amide bonds. The van der Waals surface area contributed by atoms with Gasteiger partial charge in [-0.1, -0.05) is 48.5 Å². The van der Waals surface area contributed by atoms with Crippen LogP contribution in [-0.2, 0) is 9.84 Å². The number of rotatable bonds is 4. The molecule has 3 aromatic carbocycles. The van der Waals surface area contributed by atoms with Crippen molar-refractivity contribution < 1.29 is 13.2 Å². The van der Waals surface area contributed by atoms with Crippen LogP contribution >= 0.6 is 0 Å². The standard InChI is InChI=1S/C19H16O3S/c1-23(20,21)17-13-11-16(12-14-17)22-19-10-6-5-9-18(19)15-7-3-2-4-8-15/h2-14H,1H3. The second-order valence-corrected chi connectivity index (χ2v) is 7.22. The van der Waals surface area contributed by atoms with E-state index < -0.39 is 9.84 Å². The van der Waals surface area contributed by atoms with Crippen molar-refractivity contribution in [3.05, 3.63) is 78.9 Å². The summed E-state index contributed by atoms with van der Waals surface area (Å²) in [6, 6.07) is 24.2. The van der Waals surface area contributed by atoms with E-state index in [4.69, 9.17) is 4.74 Å². The Morgan fingerprint density at radius 3 is 2.00 bits per heavy atom. The molecule has 0 aliphatic carbocycles. The van der Waals surface area contributed by atoms with Crippen LogP contribution in [0, 0.1) is 0 Å². The minimum absolute atomic E-state index is 0.279. The predicted molar refractivity (Wildman–Crippen MR) is 91.5 cm³/mol. The van der Waals surface area contributed by atoms with E-state index in [1.807, 2.05) is 54.6 Å². The van der Waals surface area contributed by atoms with Crippen LogP contribution < -0.4 is 4.74 Å². The molecule has 0 fully saturated rings. The highest BCUT2D eigenvalue weighted by Gasteiger charge is 2.09. The second-order valence-electron chi connectivity index (χ2n) is 5.21. The van der Waals surface area contributed by atoms with Crippen LogP contribution in [0.1, 0.15) is 0 Å². The van der Waals surface area contributed by atoms with Crippen molar-refractivity contribution in [1.29, 1.82) is 0 Å². The van der Waals surface area contributed by atoms with Crippen molar-refractivity contribution in [2.75, 3.05) is 6.26 Å². The topological polar surface area (TPSA) is 43.4 Å². The smallest absolute Gasteiger partial charge is 0.175 e. The van der Waals surface area contributed by atoms with Crippen molar-refractivity contribution in [2.45, 2.75) is 4.90 Å². The van der Waals surface area contributed by atoms with E-state index in [1.165, 1.54) is 6.26 Å². The van der Waals surface area contributed by atoms with Gasteiger partial charge in [-0.15, -0.1) is 0 Å². The summed E-state index contributed by atoms with van der Waals surface area (Å²) in [6.07, 6.45) is 1.19. The van der Waals surface area contributed by atoms with Gasteiger partial charge in [-0.2, -0.15) is 0 Å². The van der Waals surface area contributed by atoms with Gasteiger partial charge in [0, 0.05) is 11.8 Å². The Morgan fingerprint density at radius 1 is 0.739 bits per heavy atom. The minimum atomic E-state index is -3.20. The molecular weight excluding hydrogens is 308 g/mol. The van der Waals surface area contributed by atoms with Gasteiger partial charge in [0.2, 0.25) is 0 Å². The molecule has 3 aromatic rings. The zero-order valence-electron chi connectivity index (χ0n) is 12.6. The van der Waals surface area contributed by atoms with Gasteiger partial charge >= 0.3 is 0 Å². The van der Waals surface area contributed by atoms with Gasteiger partial charge in [0.15, 0.2) is 9.84 Å². The second kappa shape index (κ2) is 6.26. The number of hydrogen-bond acceptors (Lipinski definition) is 3. The third-order valence-electron chi connectivity index (χ3n) is 3.45. The number of sulfone groups is 1. The number of para-hydroxylation sites is 1. The van der Waals surface area contributed by atoms with Gasteiger partial charge in [0.1, 0.15) is 11.5 Å². The van der Waals surface area contributed by atoms with E-state index in [2.05, 4.69) is 0 Å². The molecule has 0 unspecified atom stereocenters. The summed E-state index contributed by atoms with van der Waals surface area (Å²) in [5, 5.41) is 0. The lowest BCUT2D eigenvalue weighted by Crippen LogP contribution is -1.96. The van der Waals surface area contributed by atoms with Gasteiger partial charge in [-0.3, -0.25) is 0 Å². The van der Waals surface area contributed by atoms with Gasteiger partial charge < -0.3 is 4.74 Å². The zero-order valence-corrected chi connectivity index (χ0v) is 13.5. The average molecular weight is 324 g/mol. The maximum atomic E-state index is 11.5. The molecule has 0 aliphatic rings. The van der Waals surface area contributed by atoms with Crippen LogP contribution in [0.2, 0.25) is 0 Å². The van der Waals surface area contributed by atoms with E-state index >= 15 is 0 Å². The molecule has 3 rings (SSSR count). The number of benzene rings is 3. The van der Waals surface area contributed by atoms with Crippen molar-refractivity contribution in [3.63, 3.8) is 0 Å². The SMILES string of the molecule is CS(=O)(=O)c1ccc(Oc2ccccc2-c2ccccc2)cc1. The number of ether oxygens (including phenoxy) is 1. The fourth-order valence-electron chi connectivity index (χ4n) is 2.29. The molecule has 116 valence electrons. The molecule has 0 spiro atoms. The molecule has 0 radical (unpaired) electrons. The third-order valence-corrected chi connectivity index (χ3v) is 4.58. The highest BCUT2D eigenvalue weighted by molar-refractivity contribution is 7.90. The maximum absolute atomic E-state index is 11.5. The highest BCUT2D eigenvalue weighted by Crippen LogP contribution is 2.33. The summed E-state index contributed by atoms with van der Waals surface area (Å²) >= 11 is 0. The lowest BCUT2D eigenvalue weighted by Gasteiger charge is -2.11. The molecule has 0 atom stereocenters. The zero-order chi connectivity index (χ0) is 16.3. The van der Waals surface area contributed by atoms with E-state index in [0.29, 0.717) is 5.75 Å². The van der Waals surface area contributed by atoms with Crippen molar-refractivity contribution in [1.82, 2.24) is 0 Å². The minimum Gasteiger partial charge on any atom is -0.457 e. The largest absolute Gasteiger partial charge is 0.457 e. The maximum Gasteiger partial charge on any atom is 0.175 e. The lowest BCUT2D eigenvalue weighted by molar-refractivity contribution is 0.484. The Morgan fingerprint density at radius 2 is 1.35 bits per heavy atom. The molecule has 23 heavy (non-hydrogen) atoms. The molecule has 0 saturated heterocycles. The molecule has 0 bridgehead atoms. The van der Waals surface area contributed by atoms with Crippen LogP contribution in [0.25, 0.3) is 11.1 Å². The van der Waals surface area contributed by atoms with Gasteiger partial charge in [0.25, 0.3) is 0 Å². The molecular formula is C19H16O3S. The van der Waals surface area contributed by atoms with Crippen molar-refractivity contribution in [2.24, 2.45) is 0 Å². The van der Waals surface area contributed by atoms with Gasteiger partial charge in [-0.25, -0.2) is 8.42 Å². The lowest BCUT2D eigenvalue weighted by atomic mass is 10.1. The first-order valence-corrected chi connectivity index (χ1v) is 9.05. The first-order chi connectivity index (χ1) is 11.0. The summed E-state index contributed by atoms with van der Waals surface area (Å²) in [6.45, 7) is 0. The van der Waals surface area contributed by atoms with Crippen LogP contribution in [0.5, 0.6) is 11.5 Å². The average Bonchev–Trinajstić information content (AvgIpc) is 2.56. The summed E-state index contributed by atoms with van der Waals surface area (Å²) in [7, 11) is -3.20. The number of hydrogen-bond donors (Lipinski definition) is 0. The quantitative estimate of drug-likeness (QED) is 0.707. The first kappa shape index (κ1) is 15.3.